The van der Waals surface area contributed by atoms with Crippen LogP contribution in [0.1, 0.15) is 33.1 Å². The van der Waals surface area contributed by atoms with E-state index in [1.807, 2.05) is 31.3 Å². The topological polar surface area (TPSA) is 56.2 Å². The van der Waals surface area contributed by atoms with Crippen molar-refractivity contribution in [1.82, 2.24) is 14.9 Å². The molecule has 6 heteroatoms. The van der Waals surface area contributed by atoms with Gasteiger partial charge in [-0.15, -0.1) is 0 Å². The molecule has 0 aliphatic carbocycles. The lowest BCUT2D eigenvalue weighted by molar-refractivity contribution is -0.119. The number of carbonyl (C=O) groups is 1. The Bertz CT molecular complexity index is 711. The highest BCUT2D eigenvalue weighted by atomic mass is 32.2. The van der Waals surface area contributed by atoms with Crippen molar-refractivity contribution in [2.24, 2.45) is 0 Å². The molecule has 1 N–H and O–H groups in total. The number of rotatable bonds is 8. The first-order chi connectivity index (χ1) is 12.7. The van der Waals surface area contributed by atoms with Crippen molar-refractivity contribution in [3.05, 3.63) is 36.5 Å². The quantitative estimate of drug-likeness (QED) is 0.716. The number of imidazole rings is 1. The van der Waals surface area contributed by atoms with Gasteiger partial charge < -0.3 is 14.6 Å². The summed E-state index contributed by atoms with van der Waals surface area (Å²) in [5.41, 5.74) is 2.21. The number of benzene rings is 1. The molecule has 1 aromatic heterocycles. The molecule has 0 bridgehead atoms. The molecule has 140 valence electrons. The second-order valence-corrected chi connectivity index (χ2v) is 7.65. The van der Waals surface area contributed by atoms with E-state index in [2.05, 4.69) is 33.9 Å². The predicted octanol–water partition coefficient (Wildman–Crippen LogP) is 3.74. The van der Waals surface area contributed by atoms with Gasteiger partial charge in [0.05, 0.1) is 30.3 Å². The van der Waals surface area contributed by atoms with Crippen LogP contribution in [0.5, 0.6) is 0 Å². The highest BCUT2D eigenvalue weighted by molar-refractivity contribution is 7.99. The second-order valence-electron chi connectivity index (χ2n) is 6.70. The average Bonchev–Trinajstić information content (AvgIpc) is 3.31. The van der Waals surface area contributed by atoms with Crippen molar-refractivity contribution in [2.45, 2.75) is 57.0 Å². The average molecular weight is 374 g/mol. The largest absolute Gasteiger partial charge is 0.376 e. The zero-order chi connectivity index (χ0) is 18.4. The summed E-state index contributed by atoms with van der Waals surface area (Å²) in [5.74, 6) is 0.429. The zero-order valence-corrected chi connectivity index (χ0v) is 16.3. The van der Waals surface area contributed by atoms with Gasteiger partial charge in [0.25, 0.3) is 0 Å². The van der Waals surface area contributed by atoms with E-state index in [1.54, 1.807) is 0 Å². The molecule has 2 aromatic rings. The maximum absolute atomic E-state index is 12.1. The molecule has 1 saturated heterocycles. The summed E-state index contributed by atoms with van der Waals surface area (Å²) >= 11 is 1.49. The van der Waals surface area contributed by atoms with Crippen molar-refractivity contribution in [2.75, 3.05) is 12.4 Å². The van der Waals surface area contributed by atoms with Gasteiger partial charge in [-0.05, 0) is 31.7 Å². The monoisotopic (exact) mass is 373 g/mol. The lowest BCUT2D eigenvalue weighted by atomic mass is 10.1. The van der Waals surface area contributed by atoms with Crippen LogP contribution in [-0.2, 0) is 16.1 Å². The Labute approximate surface area is 159 Å². The van der Waals surface area contributed by atoms with Gasteiger partial charge in [0.15, 0.2) is 5.16 Å². The molecular weight excluding hydrogens is 346 g/mol. The fourth-order valence-corrected chi connectivity index (χ4v) is 3.83. The van der Waals surface area contributed by atoms with E-state index in [-0.39, 0.29) is 18.1 Å². The molecule has 3 rings (SSSR count). The van der Waals surface area contributed by atoms with Crippen molar-refractivity contribution >= 4 is 17.7 Å². The van der Waals surface area contributed by atoms with Crippen LogP contribution >= 0.6 is 11.8 Å². The molecule has 0 unspecified atom stereocenters. The number of carbonyl (C=O) groups excluding carboxylic acids is 1. The Hall–Kier alpha value is -1.79. The number of thioether (sulfide) groups is 1. The van der Waals surface area contributed by atoms with E-state index in [1.165, 1.54) is 11.8 Å². The molecule has 2 heterocycles. The summed E-state index contributed by atoms with van der Waals surface area (Å²) < 4.78 is 8.03. The van der Waals surface area contributed by atoms with Gasteiger partial charge in [-0.25, -0.2) is 4.98 Å². The van der Waals surface area contributed by atoms with E-state index < -0.39 is 0 Å². The summed E-state index contributed by atoms with van der Waals surface area (Å²) in [7, 11) is 0. The SMILES string of the molecule is CC[C@@H](C)NC(=O)CSc1ncc(-c2ccccc2)n1C[C@@H]1CCCO1. The number of hydrogen-bond donors (Lipinski definition) is 1. The van der Waals surface area contributed by atoms with Crippen molar-refractivity contribution in [1.29, 1.82) is 0 Å². The van der Waals surface area contributed by atoms with Crippen LogP contribution in [0.3, 0.4) is 0 Å². The molecular formula is C20H27N3O2S. The summed E-state index contributed by atoms with van der Waals surface area (Å²) in [6.45, 7) is 5.70. The van der Waals surface area contributed by atoms with Gasteiger partial charge in [-0.3, -0.25) is 4.79 Å². The molecule has 5 nitrogen and oxygen atoms in total. The van der Waals surface area contributed by atoms with Crippen LogP contribution in [0, 0.1) is 0 Å². The van der Waals surface area contributed by atoms with Crippen LogP contribution in [-0.4, -0.2) is 40.0 Å². The predicted molar refractivity (Wildman–Crippen MR) is 105 cm³/mol. The summed E-state index contributed by atoms with van der Waals surface area (Å²) in [6.07, 6.45) is 5.24. The third-order valence-electron chi connectivity index (χ3n) is 4.65. The van der Waals surface area contributed by atoms with E-state index in [0.717, 1.165) is 48.8 Å². The molecule has 1 aliphatic rings. The number of nitrogens with one attached hydrogen (secondary N) is 1. The highest BCUT2D eigenvalue weighted by Crippen LogP contribution is 2.28. The summed E-state index contributed by atoms with van der Waals surface area (Å²) in [4.78, 5) is 16.7. The maximum Gasteiger partial charge on any atom is 0.230 e. The van der Waals surface area contributed by atoms with Crippen LogP contribution in [0.4, 0.5) is 0 Å². The normalized spacial score (nSPS) is 18.0. The van der Waals surface area contributed by atoms with Gasteiger partial charge in [0.1, 0.15) is 0 Å². The number of ether oxygens (including phenoxy) is 1. The molecule has 1 aromatic carbocycles. The standard InChI is InChI=1S/C20H27N3O2S/c1-3-15(2)22-19(24)14-26-20-21-12-18(16-8-5-4-6-9-16)23(20)13-17-10-7-11-25-17/h4-6,8-9,12,15,17H,3,7,10-11,13-14H2,1-2H3,(H,22,24)/t15-,17+/m1/s1. The fraction of sp³-hybridized carbons (Fsp3) is 0.500. The van der Waals surface area contributed by atoms with Gasteiger partial charge >= 0.3 is 0 Å². The van der Waals surface area contributed by atoms with Crippen LogP contribution in [0.25, 0.3) is 11.3 Å². The van der Waals surface area contributed by atoms with E-state index in [0.29, 0.717) is 5.75 Å². The minimum atomic E-state index is 0.0530. The van der Waals surface area contributed by atoms with Crippen LogP contribution in [0.15, 0.2) is 41.7 Å². The molecule has 0 spiro atoms. The zero-order valence-electron chi connectivity index (χ0n) is 15.5. The Balaban J connectivity index is 1.76. The van der Waals surface area contributed by atoms with Gasteiger partial charge in [-0.2, -0.15) is 0 Å². The Morgan fingerprint density at radius 1 is 1.42 bits per heavy atom. The van der Waals surface area contributed by atoms with Gasteiger partial charge in [0, 0.05) is 12.6 Å². The first-order valence-electron chi connectivity index (χ1n) is 9.32. The molecule has 1 aliphatic heterocycles. The minimum Gasteiger partial charge on any atom is -0.376 e. The first kappa shape index (κ1) is 19.0. The van der Waals surface area contributed by atoms with Gasteiger partial charge in [-0.1, -0.05) is 49.0 Å². The van der Waals surface area contributed by atoms with Crippen LogP contribution in [0.2, 0.25) is 0 Å². The number of nitrogens with zero attached hydrogens (tertiary/aromatic N) is 2. The highest BCUT2D eigenvalue weighted by Gasteiger charge is 2.21. The summed E-state index contributed by atoms with van der Waals surface area (Å²) in [5, 5.41) is 3.88. The lowest BCUT2D eigenvalue weighted by Crippen LogP contribution is -2.33. The Kier molecular flexibility index (Phi) is 6.74. The number of aromatic nitrogens is 2. The minimum absolute atomic E-state index is 0.0530. The number of amides is 1. The summed E-state index contributed by atoms with van der Waals surface area (Å²) in [6, 6.07) is 10.5. The van der Waals surface area contributed by atoms with E-state index in [9.17, 15) is 4.79 Å². The van der Waals surface area contributed by atoms with Crippen molar-refractivity contribution in [3.8, 4) is 11.3 Å². The molecule has 0 saturated carbocycles. The molecule has 1 amide bonds. The third-order valence-corrected chi connectivity index (χ3v) is 5.64. The smallest absolute Gasteiger partial charge is 0.230 e. The molecule has 0 radical (unpaired) electrons. The van der Waals surface area contributed by atoms with Crippen LogP contribution < -0.4 is 5.32 Å². The Morgan fingerprint density at radius 3 is 2.92 bits per heavy atom. The third kappa shape index (κ3) is 4.89. The van der Waals surface area contributed by atoms with E-state index >= 15 is 0 Å². The second kappa shape index (κ2) is 9.24. The molecule has 26 heavy (non-hydrogen) atoms. The maximum atomic E-state index is 12.1. The van der Waals surface area contributed by atoms with Crippen molar-refractivity contribution < 1.29 is 9.53 Å². The number of hydrogen-bond acceptors (Lipinski definition) is 4. The molecule has 2 atom stereocenters. The van der Waals surface area contributed by atoms with Gasteiger partial charge in [0.2, 0.25) is 5.91 Å². The molecule has 1 fully saturated rings. The van der Waals surface area contributed by atoms with E-state index in [4.69, 9.17) is 4.74 Å². The lowest BCUT2D eigenvalue weighted by Gasteiger charge is -2.16. The fourth-order valence-electron chi connectivity index (χ4n) is 3.03. The first-order valence-corrected chi connectivity index (χ1v) is 10.3. The Morgan fingerprint density at radius 2 is 2.23 bits per heavy atom. The van der Waals surface area contributed by atoms with Crippen molar-refractivity contribution in [3.63, 3.8) is 0 Å².